The Bertz CT molecular complexity index is 944. The van der Waals surface area contributed by atoms with Gasteiger partial charge in [0.05, 0.1) is 11.6 Å². The molecule has 3 rings (SSSR count). The van der Waals surface area contributed by atoms with Crippen molar-refractivity contribution < 1.29 is 18.4 Å². The molecule has 0 fully saturated rings. The summed E-state index contributed by atoms with van der Waals surface area (Å²) in [6.07, 6.45) is 0. The number of hydrogen-bond acceptors (Lipinski definition) is 3. The van der Waals surface area contributed by atoms with Crippen LogP contribution >= 0.6 is 0 Å². The molecule has 3 aromatic rings. The van der Waals surface area contributed by atoms with Crippen LogP contribution in [-0.4, -0.2) is 11.7 Å². The molecule has 1 amide bonds. The highest BCUT2D eigenvalue weighted by Gasteiger charge is 2.20. The van der Waals surface area contributed by atoms with Gasteiger partial charge in [0.2, 0.25) is 0 Å². The predicted octanol–water partition coefficient (Wildman–Crippen LogP) is 4.45. The molecule has 0 bridgehead atoms. The number of carbonyl (C=O) groups is 2. The zero-order chi connectivity index (χ0) is 18.7. The van der Waals surface area contributed by atoms with Gasteiger partial charge in [-0.05, 0) is 56.3 Å². The quantitative estimate of drug-likeness (QED) is 0.691. The second-order valence-electron chi connectivity index (χ2n) is 6.03. The van der Waals surface area contributed by atoms with Crippen LogP contribution in [0.1, 0.15) is 50.8 Å². The third-order valence-electron chi connectivity index (χ3n) is 4.06. The van der Waals surface area contributed by atoms with E-state index in [4.69, 9.17) is 4.42 Å². The Morgan fingerprint density at radius 2 is 1.62 bits per heavy atom. The molecule has 1 unspecified atom stereocenters. The molecule has 1 N–H and O–H groups in total. The Labute approximate surface area is 150 Å². The number of nitrogens with one attached hydrogen (secondary N) is 1. The van der Waals surface area contributed by atoms with E-state index >= 15 is 0 Å². The van der Waals surface area contributed by atoms with Crippen LogP contribution in [0.2, 0.25) is 0 Å². The number of furan rings is 1. The lowest BCUT2D eigenvalue weighted by atomic mass is 9.97. The van der Waals surface area contributed by atoms with Gasteiger partial charge in [-0.2, -0.15) is 0 Å². The molecule has 2 aromatic carbocycles. The smallest absolute Gasteiger partial charge is 0.252 e. The number of hydrogen-bond donors (Lipinski definition) is 1. The van der Waals surface area contributed by atoms with E-state index in [0.717, 1.165) is 5.76 Å². The van der Waals surface area contributed by atoms with Gasteiger partial charge < -0.3 is 9.73 Å². The summed E-state index contributed by atoms with van der Waals surface area (Å²) in [7, 11) is 0. The SMILES string of the molecule is Cc1ccc(C(C)NC(=O)c2ccccc2C(=O)c2ccc(F)cc2)o1. The number of ketones is 1. The summed E-state index contributed by atoms with van der Waals surface area (Å²) in [6.45, 7) is 3.63. The lowest BCUT2D eigenvalue weighted by Gasteiger charge is -2.14. The highest BCUT2D eigenvalue weighted by molar-refractivity contribution is 6.15. The maximum Gasteiger partial charge on any atom is 0.252 e. The first kappa shape index (κ1) is 17.6. The van der Waals surface area contributed by atoms with Crippen LogP contribution in [0.4, 0.5) is 4.39 Å². The highest BCUT2D eigenvalue weighted by atomic mass is 19.1. The summed E-state index contributed by atoms with van der Waals surface area (Å²) in [6, 6.07) is 15.1. The van der Waals surface area contributed by atoms with Gasteiger partial charge in [0.15, 0.2) is 5.78 Å². The standard InChI is InChI=1S/C21H18FNO3/c1-13-7-12-19(26-13)14(2)23-21(25)18-6-4-3-5-17(18)20(24)15-8-10-16(22)11-9-15/h3-12,14H,1-2H3,(H,23,25). The largest absolute Gasteiger partial charge is 0.464 e. The van der Waals surface area contributed by atoms with Gasteiger partial charge in [-0.15, -0.1) is 0 Å². The Kier molecular flexibility index (Phi) is 4.98. The van der Waals surface area contributed by atoms with Crippen LogP contribution in [0.3, 0.4) is 0 Å². The molecule has 5 heteroatoms. The lowest BCUT2D eigenvalue weighted by molar-refractivity contribution is 0.0925. The zero-order valence-electron chi connectivity index (χ0n) is 14.5. The molecule has 1 heterocycles. The van der Waals surface area contributed by atoms with Crippen molar-refractivity contribution >= 4 is 11.7 Å². The topological polar surface area (TPSA) is 59.3 Å². The summed E-state index contributed by atoms with van der Waals surface area (Å²) in [5.74, 6) is 0.260. The molecule has 0 spiro atoms. The Balaban J connectivity index is 1.85. The number of halogens is 1. The van der Waals surface area contributed by atoms with Crippen LogP contribution in [0, 0.1) is 12.7 Å². The van der Waals surface area contributed by atoms with Crippen molar-refractivity contribution in [1.82, 2.24) is 5.32 Å². The van der Waals surface area contributed by atoms with E-state index in [1.54, 1.807) is 37.3 Å². The van der Waals surface area contributed by atoms with Crippen molar-refractivity contribution in [1.29, 1.82) is 0 Å². The Hall–Kier alpha value is -3.21. The van der Waals surface area contributed by atoms with Gasteiger partial charge in [-0.1, -0.05) is 18.2 Å². The van der Waals surface area contributed by atoms with Crippen molar-refractivity contribution in [3.63, 3.8) is 0 Å². The third kappa shape index (κ3) is 3.72. The van der Waals surface area contributed by atoms with Crippen LogP contribution in [0.5, 0.6) is 0 Å². The molecular formula is C21H18FNO3. The van der Waals surface area contributed by atoms with Gasteiger partial charge in [0.25, 0.3) is 5.91 Å². The first-order chi connectivity index (χ1) is 12.5. The van der Waals surface area contributed by atoms with Crippen LogP contribution in [0.15, 0.2) is 65.1 Å². The summed E-state index contributed by atoms with van der Waals surface area (Å²) in [4.78, 5) is 25.4. The second-order valence-corrected chi connectivity index (χ2v) is 6.03. The predicted molar refractivity (Wildman–Crippen MR) is 95.6 cm³/mol. The maximum atomic E-state index is 13.1. The van der Waals surface area contributed by atoms with Gasteiger partial charge in [0.1, 0.15) is 17.3 Å². The average Bonchev–Trinajstić information content (AvgIpc) is 3.08. The minimum absolute atomic E-state index is 0.261. The maximum absolute atomic E-state index is 13.1. The van der Waals surface area contributed by atoms with E-state index in [-0.39, 0.29) is 28.9 Å². The number of carbonyl (C=O) groups excluding carboxylic acids is 2. The summed E-state index contributed by atoms with van der Waals surface area (Å²) >= 11 is 0. The van der Waals surface area contributed by atoms with Crippen LogP contribution < -0.4 is 5.32 Å². The summed E-state index contributed by atoms with van der Waals surface area (Å²) in [5.41, 5.74) is 0.845. The average molecular weight is 351 g/mol. The number of amides is 1. The van der Waals surface area contributed by atoms with Gasteiger partial charge >= 0.3 is 0 Å². The second kappa shape index (κ2) is 7.35. The highest BCUT2D eigenvalue weighted by Crippen LogP contribution is 2.19. The summed E-state index contributed by atoms with van der Waals surface area (Å²) < 4.78 is 18.6. The van der Waals surface area contributed by atoms with Gasteiger partial charge in [-0.25, -0.2) is 4.39 Å². The molecule has 1 aromatic heterocycles. The molecule has 4 nitrogen and oxygen atoms in total. The molecule has 132 valence electrons. The van der Waals surface area contributed by atoms with Crippen LogP contribution in [-0.2, 0) is 0 Å². The fourth-order valence-corrected chi connectivity index (χ4v) is 2.67. The first-order valence-electron chi connectivity index (χ1n) is 8.22. The van der Waals surface area contributed by atoms with Crippen molar-refractivity contribution in [3.8, 4) is 0 Å². The van der Waals surface area contributed by atoms with E-state index in [1.807, 2.05) is 13.0 Å². The Morgan fingerprint density at radius 3 is 2.23 bits per heavy atom. The zero-order valence-corrected chi connectivity index (χ0v) is 14.5. The van der Waals surface area contributed by atoms with E-state index < -0.39 is 5.82 Å². The van der Waals surface area contributed by atoms with Crippen molar-refractivity contribution in [2.45, 2.75) is 19.9 Å². The molecule has 0 saturated carbocycles. The molecule has 1 atom stereocenters. The van der Waals surface area contributed by atoms with Crippen molar-refractivity contribution in [3.05, 3.63) is 94.7 Å². The molecule has 0 aliphatic rings. The van der Waals surface area contributed by atoms with E-state index in [9.17, 15) is 14.0 Å². The van der Waals surface area contributed by atoms with Gasteiger partial charge in [-0.3, -0.25) is 9.59 Å². The molecule has 26 heavy (non-hydrogen) atoms. The number of aryl methyl sites for hydroxylation is 1. The van der Waals surface area contributed by atoms with Gasteiger partial charge in [0, 0.05) is 11.1 Å². The minimum atomic E-state index is -0.421. The first-order valence-corrected chi connectivity index (χ1v) is 8.22. The molecular weight excluding hydrogens is 333 g/mol. The van der Waals surface area contributed by atoms with E-state index in [2.05, 4.69) is 5.32 Å². The molecule has 0 saturated heterocycles. The summed E-state index contributed by atoms with van der Waals surface area (Å²) in [5, 5.41) is 2.84. The third-order valence-corrected chi connectivity index (χ3v) is 4.06. The van der Waals surface area contributed by atoms with Crippen molar-refractivity contribution in [2.75, 3.05) is 0 Å². The van der Waals surface area contributed by atoms with E-state index in [1.165, 1.54) is 24.3 Å². The number of rotatable bonds is 5. The Morgan fingerprint density at radius 1 is 0.962 bits per heavy atom. The van der Waals surface area contributed by atoms with E-state index in [0.29, 0.717) is 11.3 Å². The minimum Gasteiger partial charge on any atom is -0.464 e. The molecule has 0 aliphatic heterocycles. The van der Waals surface area contributed by atoms with Crippen LogP contribution in [0.25, 0.3) is 0 Å². The lowest BCUT2D eigenvalue weighted by Crippen LogP contribution is -2.28. The number of benzene rings is 2. The fraction of sp³-hybridized carbons (Fsp3) is 0.143. The fourth-order valence-electron chi connectivity index (χ4n) is 2.67. The van der Waals surface area contributed by atoms with Crippen molar-refractivity contribution in [2.24, 2.45) is 0 Å². The normalized spacial score (nSPS) is 11.8. The molecule has 0 aliphatic carbocycles. The molecule has 0 radical (unpaired) electrons. The monoisotopic (exact) mass is 351 g/mol.